The summed E-state index contributed by atoms with van der Waals surface area (Å²) in [6.45, 7) is 1.54. The van der Waals surface area contributed by atoms with Crippen LogP contribution in [0.4, 0.5) is 8.78 Å². The number of carbonyl (C=O) groups is 1. The second-order valence-electron chi connectivity index (χ2n) is 3.35. The maximum absolute atomic E-state index is 12.9. The molecular formula is C11H10F2N2O. The molecule has 1 unspecified atom stereocenters. The maximum atomic E-state index is 12.9. The van der Waals surface area contributed by atoms with Crippen molar-refractivity contribution in [3.8, 4) is 6.07 Å². The van der Waals surface area contributed by atoms with E-state index < -0.39 is 23.6 Å². The Morgan fingerprint density at radius 1 is 1.44 bits per heavy atom. The lowest BCUT2D eigenvalue weighted by molar-refractivity contribution is 0.0772. The molecular weight excluding hydrogens is 214 g/mol. The normalized spacial score (nSPS) is 11.7. The van der Waals surface area contributed by atoms with Crippen LogP contribution in [-0.2, 0) is 0 Å². The molecule has 0 radical (unpaired) electrons. The molecule has 0 fully saturated rings. The minimum Gasteiger partial charge on any atom is -0.326 e. The van der Waals surface area contributed by atoms with Crippen molar-refractivity contribution in [2.45, 2.75) is 13.0 Å². The Balaban J connectivity index is 2.98. The third kappa shape index (κ3) is 2.34. The number of hydrogen-bond donors (Lipinski definition) is 0. The highest BCUT2D eigenvalue weighted by Gasteiger charge is 2.18. The van der Waals surface area contributed by atoms with Gasteiger partial charge >= 0.3 is 0 Å². The highest BCUT2D eigenvalue weighted by atomic mass is 19.2. The highest BCUT2D eigenvalue weighted by Crippen LogP contribution is 2.11. The number of halogens is 2. The molecule has 1 rings (SSSR count). The molecule has 0 bridgehead atoms. The Morgan fingerprint density at radius 3 is 2.56 bits per heavy atom. The molecule has 0 aliphatic heterocycles. The lowest BCUT2D eigenvalue weighted by atomic mass is 10.1. The van der Waals surface area contributed by atoms with Gasteiger partial charge in [0.15, 0.2) is 11.6 Å². The monoisotopic (exact) mass is 224 g/mol. The smallest absolute Gasteiger partial charge is 0.254 e. The van der Waals surface area contributed by atoms with Crippen LogP contribution in [0, 0.1) is 23.0 Å². The van der Waals surface area contributed by atoms with Crippen LogP contribution in [0.1, 0.15) is 17.3 Å². The van der Waals surface area contributed by atoms with E-state index in [4.69, 9.17) is 5.26 Å². The summed E-state index contributed by atoms with van der Waals surface area (Å²) in [6, 6.07) is 4.14. The Hall–Kier alpha value is -1.96. The second kappa shape index (κ2) is 4.71. The number of rotatable bonds is 2. The van der Waals surface area contributed by atoms with Gasteiger partial charge in [-0.3, -0.25) is 4.79 Å². The van der Waals surface area contributed by atoms with Gasteiger partial charge in [0.05, 0.1) is 6.07 Å². The molecule has 0 saturated carbocycles. The number of amides is 1. The zero-order valence-electron chi connectivity index (χ0n) is 8.87. The summed E-state index contributed by atoms with van der Waals surface area (Å²) in [5.41, 5.74) is 0.0171. The van der Waals surface area contributed by atoms with Gasteiger partial charge in [-0.25, -0.2) is 8.78 Å². The van der Waals surface area contributed by atoms with Crippen LogP contribution in [0.25, 0.3) is 0 Å². The van der Waals surface area contributed by atoms with Gasteiger partial charge in [0.25, 0.3) is 5.91 Å². The summed E-state index contributed by atoms with van der Waals surface area (Å²) in [4.78, 5) is 12.9. The van der Waals surface area contributed by atoms with E-state index in [2.05, 4.69) is 0 Å². The van der Waals surface area contributed by atoms with Crippen LogP contribution in [0.5, 0.6) is 0 Å². The summed E-state index contributed by atoms with van der Waals surface area (Å²) in [7, 11) is 1.43. The molecule has 3 nitrogen and oxygen atoms in total. The van der Waals surface area contributed by atoms with E-state index in [1.807, 2.05) is 6.07 Å². The second-order valence-corrected chi connectivity index (χ2v) is 3.35. The Bertz CT molecular complexity index is 454. The molecule has 0 aromatic heterocycles. The van der Waals surface area contributed by atoms with Crippen molar-refractivity contribution in [2.24, 2.45) is 0 Å². The first-order valence-electron chi connectivity index (χ1n) is 4.59. The van der Waals surface area contributed by atoms with Crippen LogP contribution in [0.3, 0.4) is 0 Å². The van der Waals surface area contributed by atoms with Gasteiger partial charge in [-0.2, -0.15) is 5.26 Å². The number of nitriles is 1. The molecule has 5 heteroatoms. The van der Waals surface area contributed by atoms with E-state index in [0.29, 0.717) is 0 Å². The van der Waals surface area contributed by atoms with Gasteiger partial charge in [0.1, 0.15) is 6.04 Å². The average Bonchev–Trinajstić information content (AvgIpc) is 2.29. The average molecular weight is 224 g/mol. The van der Waals surface area contributed by atoms with Crippen molar-refractivity contribution in [3.63, 3.8) is 0 Å². The van der Waals surface area contributed by atoms with E-state index in [1.54, 1.807) is 0 Å². The molecule has 1 amide bonds. The maximum Gasteiger partial charge on any atom is 0.254 e. The Labute approximate surface area is 91.9 Å². The fourth-order valence-electron chi connectivity index (χ4n) is 1.10. The van der Waals surface area contributed by atoms with E-state index in [-0.39, 0.29) is 5.56 Å². The molecule has 0 spiro atoms. The molecule has 0 aliphatic carbocycles. The van der Waals surface area contributed by atoms with Crippen LogP contribution in [0.15, 0.2) is 18.2 Å². The molecule has 0 aliphatic rings. The third-order valence-corrected chi connectivity index (χ3v) is 2.25. The van der Waals surface area contributed by atoms with Gasteiger partial charge in [0, 0.05) is 12.6 Å². The fourth-order valence-corrected chi connectivity index (χ4v) is 1.10. The van der Waals surface area contributed by atoms with Crippen LogP contribution < -0.4 is 0 Å². The lowest BCUT2D eigenvalue weighted by Crippen LogP contribution is -2.34. The molecule has 1 aromatic carbocycles. The van der Waals surface area contributed by atoms with Crippen molar-refractivity contribution in [3.05, 3.63) is 35.4 Å². The predicted octanol–water partition coefficient (Wildman–Crippen LogP) is 1.95. The zero-order chi connectivity index (χ0) is 12.3. The van der Waals surface area contributed by atoms with Crippen molar-refractivity contribution >= 4 is 5.91 Å². The largest absolute Gasteiger partial charge is 0.326 e. The number of benzene rings is 1. The zero-order valence-corrected chi connectivity index (χ0v) is 8.87. The van der Waals surface area contributed by atoms with Gasteiger partial charge in [0.2, 0.25) is 0 Å². The molecule has 0 N–H and O–H groups in total. The van der Waals surface area contributed by atoms with Gasteiger partial charge in [-0.1, -0.05) is 0 Å². The van der Waals surface area contributed by atoms with Gasteiger partial charge < -0.3 is 4.90 Å². The highest BCUT2D eigenvalue weighted by molar-refractivity contribution is 5.94. The summed E-state index contributed by atoms with van der Waals surface area (Å²) in [5, 5.41) is 8.62. The first-order valence-corrected chi connectivity index (χ1v) is 4.59. The van der Waals surface area contributed by atoms with Crippen LogP contribution in [0.2, 0.25) is 0 Å². The molecule has 16 heavy (non-hydrogen) atoms. The molecule has 84 valence electrons. The number of hydrogen-bond acceptors (Lipinski definition) is 2. The van der Waals surface area contributed by atoms with E-state index >= 15 is 0 Å². The Kier molecular flexibility index (Phi) is 3.56. The standard InChI is InChI=1S/C11H10F2N2O/c1-7(6-14)15(2)11(16)8-3-4-9(12)10(13)5-8/h3-5,7H,1-2H3. The van der Waals surface area contributed by atoms with Crippen LogP contribution in [-0.4, -0.2) is 23.9 Å². The lowest BCUT2D eigenvalue weighted by Gasteiger charge is -2.19. The minimum atomic E-state index is -1.08. The van der Waals surface area contributed by atoms with Crippen molar-refractivity contribution in [2.75, 3.05) is 7.05 Å². The van der Waals surface area contributed by atoms with Gasteiger partial charge in [-0.05, 0) is 25.1 Å². The summed E-state index contributed by atoms with van der Waals surface area (Å²) >= 11 is 0. The first-order chi connectivity index (χ1) is 7.47. The van der Waals surface area contributed by atoms with E-state index in [9.17, 15) is 13.6 Å². The summed E-state index contributed by atoms with van der Waals surface area (Å²) in [5.74, 6) is -2.61. The summed E-state index contributed by atoms with van der Waals surface area (Å²) in [6.07, 6.45) is 0. The minimum absolute atomic E-state index is 0.0171. The van der Waals surface area contributed by atoms with Crippen molar-refractivity contribution < 1.29 is 13.6 Å². The Morgan fingerprint density at radius 2 is 2.06 bits per heavy atom. The molecule has 1 aromatic rings. The van der Waals surface area contributed by atoms with E-state index in [1.165, 1.54) is 20.0 Å². The van der Waals surface area contributed by atoms with Gasteiger partial charge in [-0.15, -0.1) is 0 Å². The van der Waals surface area contributed by atoms with E-state index in [0.717, 1.165) is 17.0 Å². The summed E-state index contributed by atoms with van der Waals surface area (Å²) < 4.78 is 25.5. The van der Waals surface area contributed by atoms with Crippen molar-refractivity contribution in [1.82, 2.24) is 4.90 Å². The third-order valence-electron chi connectivity index (χ3n) is 2.25. The SMILES string of the molecule is CC(C#N)N(C)C(=O)c1ccc(F)c(F)c1. The first kappa shape index (κ1) is 12.1. The topological polar surface area (TPSA) is 44.1 Å². The fraction of sp³-hybridized carbons (Fsp3) is 0.273. The molecule has 1 atom stereocenters. The molecule has 0 saturated heterocycles. The quantitative estimate of drug-likeness (QED) is 0.770. The van der Waals surface area contributed by atoms with Crippen LogP contribution >= 0.6 is 0 Å². The molecule has 0 heterocycles. The number of carbonyl (C=O) groups excluding carboxylic acids is 1. The number of nitrogens with zero attached hydrogens (tertiary/aromatic N) is 2. The predicted molar refractivity (Wildman–Crippen MR) is 53.5 cm³/mol. The van der Waals surface area contributed by atoms with Crippen molar-refractivity contribution in [1.29, 1.82) is 5.26 Å².